The first-order chi connectivity index (χ1) is 20.8. The highest BCUT2D eigenvalue weighted by Gasteiger charge is 2.36. The van der Waals surface area contributed by atoms with Gasteiger partial charge in [-0.3, -0.25) is 19.4 Å². The molecule has 2 bridgehead atoms. The summed E-state index contributed by atoms with van der Waals surface area (Å²) in [6, 6.07) is 11.8. The first-order valence-corrected chi connectivity index (χ1v) is 14.2. The number of hydrogen-bond donors (Lipinski definition) is 2. The van der Waals surface area contributed by atoms with Gasteiger partial charge in [0, 0.05) is 55.3 Å². The Morgan fingerprint density at radius 3 is 2.40 bits per heavy atom. The number of anilines is 2. The quantitative estimate of drug-likeness (QED) is 0.284. The Labute approximate surface area is 248 Å². The van der Waals surface area contributed by atoms with Crippen LogP contribution in [0.1, 0.15) is 52.6 Å². The fourth-order valence-corrected chi connectivity index (χ4v) is 5.72. The lowest BCUT2D eigenvalue weighted by Gasteiger charge is -2.44. The van der Waals surface area contributed by atoms with Crippen LogP contribution in [-0.4, -0.2) is 65.6 Å². The summed E-state index contributed by atoms with van der Waals surface area (Å²) in [6.07, 6.45) is 3.95. The second-order valence-electron chi connectivity index (χ2n) is 10.4. The van der Waals surface area contributed by atoms with Gasteiger partial charge in [0.15, 0.2) is 0 Å². The maximum absolute atomic E-state index is 13.3. The summed E-state index contributed by atoms with van der Waals surface area (Å²) in [7, 11) is 0. The number of carbonyl (C=O) groups is 4. The lowest BCUT2D eigenvalue weighted by atomic mass is 9.83. The van der Waals surface area contributed by atoms with Crippen LogP contribution >= 0.6 is 0 Å². The van der Waals surface area contributed by atoms with Crippen LogP contribution in [0, 0.1) is 5.92 Å². The highest BCUT2D eigenvalue weighted by atomic mass is 16.6. The molecule has 43 heavy (non-hydrogen) atoms. The van der Waals surface area contributed by atoms with Crippen LogP contribution in [0.15, 0.2) is 65.7 Å². The SMILES string of the molecule is CCOC(=O)C(NC(=O)c1ccc(N2CC3CC(C2)c2cccc(=O)n2C3)c(NC(=O)c2cccnc2)c1)C(=O)OCC. The van der Waals surface area contributed by atoms with Gasteiger partial charge in [-0.05, 0) is 62.6 Å². The van der Waals surface area contributed by atoms with Gasteiger partial charge in [0.05, 0.1) is 30.2 Å². The van der Waals surface area contributed by atoms with Crippen LogP contribution in [0.3, 0.4) is 0 Å². The van der Waals surface area contributed by atoms with E-state index in [-0.39, 0.29) is 36.2 Å². The number of hydrogen-bond acceptors (Lipinski definition) is 9. The van der Waals surface area contributed by atoms with Crippen molar-refractivity contribution in [2.24, 2.45) is 5.92 Å². The molecular formula is C31H33N5O7. The molecule has 2 atom stereocenters. The molecular weight excluding hydrogens is 554 g/mol. The molecule has 3 aromatic rings. The van der Waals surface area contributed by atoms with Crippen molar-refractivity contribution < 1.29 is 28.7 Å². The van der Waals surface area contributed by atoms with E-state index in [1.165, 1.54) is 12.3 Å². The zero-order valence-electron chi connectivity index (χ0n) is 23.9. The molecule has 5 rings (SSSR count). The normalized spacial score (nSPS) is 17.0. The predicted molar refractivity (Wildman–Crippen MR) is 157 cm³/mol. The number of aromatic nitrogens is 2. The number of rotatable bonds is 9. The largest absolute Gasteiger partial charge is 0.464 e. The molecule has 2 aliphatic heterocycles. The summed E-state index contributed by atoms with van der Waals surface area (Å²) in [5, 5.41) is 5.32. The molecule has 224 valence electrons. The fraction of sp³-hybridized carbons (Fsp3) is 0.355. The van der Waals surface area contributed by atoms with Gasteiger partial charge in [-0.2, -0.15) is 0 Å². The number of carbonyl (C=O) groups excluding carboxylic acids is 4. The molecule has 12 heteroatoms. The third-order valence-corrected chi connectivity index (χ3v) is 7.57. The van der Waals surface area contributed by atoms with Gasteiger partial charge in [-0.1, -0.05) is 6.07 Å². The maximum Gasteiger partial charge on any atom is 0.340 e. The molecule has 0 radical (unpaired) electrons. The molecule has 2 aromatic heterocycles. The molecule has 1 fully saturated rings. The molecule has 0 saturated carbocycles. The number of esters is 2. The second kappa shape index (κ2) is 12.9. The third-order valence-electron chi connectivity index (χ3n) is 7.57. The number of pyridine rings is 2. The standard InChI is InChI=1S/C31H33N5O7/c1-3-42-30(40)27(31(41)43-4-2)34-28(38)20-10-11-25(23(14-20)33-29(39)21-7-6-12-32-15-21)35-16-19-13-22(18-35)24-8-5-9-26(37)36(24)17-19/h5-12,14-15,19,22,27H,3-4,13,16-18H2,1-2H3,(H,33,39)(H,34,38). The van der Waals surface area contributed by atoms with E-state index in [0.29, 0.717) is 36.6 Å². The summed E-state index contributed by atoms with van der Waals surface area (Å²) >= 11 is 0. The minimum Gasteiger partial charge on any atom is -0.464 e. The van der Waals surface area contributed by atoms with Crippen LogP contribution in [0.4, 0.5) is 11.4 Å². The number of amides is 2. The lowest BCUT2D eigenvalue weighted by molar-refractivity contribution is -0.157. The summed E-state index contributed by atoms with van der Waals surface area (Å²) < 4.78 is 11.8. The van der Waals surface area contributed by atoms with E-state index in [1.54, 1.807) is 56.4 Å². The summed E-state index contributed by atoms with van der Waals surface area (Å²) in [4.78, 5) is 70.0. The zero-order valence-corrected chi connectivity index (χ0v) is 23.9. The van der Waals surface area contributed by atoms with Gasteiger partial charge in [-0.25, -0.2) is 9.59 Å². The van der Waals surface area contributed by atoms with E-state index in [4.69, 9.17) is 9.47 Å². The monoisotopic (exact) mass is 587 g/mol. The van der Waals surface area contributed by atoms with Crippen LogP contribution in [0.2, 0.25) is 0 Å². The molecule has 2 aliphatic rings. The van der Waals surface area contributed by atoms with Gasteiger partial charge in [0.1, 0.15) is 0 Å². The lowest BCUT2D eigenvalue weighted by Crippen LogP contribution is -2.48. The van der Waals surface area contributed by atoms with Crippen molar-refractivity contribution >= 4 is 35.1 Å². The first-order valence-electron chi connectivity index (χ1n) is 14.2. The maximum atomic E-state index is 13.3. The molecule has 1 aromatic carbocycles. The van der Waals surface area contributed by atoms with E-state index in [2.05, 4.69) is 20.5 Å². The van der Waals surface area contributed by atoms with E-state index >= 15 is 0 Å². The number of piperidine rings is 1. The van der Waals surface area contributed by atoms with Crippen molar-refractivity contribution in [3.05, 3.63) is 88.1 Å². The average Bonchev–Trinajstić information content (AvgIpc) is 3.00. The summed E-state index contributed by atoms with van der Waals surface area (Å²) in [5.74, 6) is -2.69. The topological polar surface area (TPSA) is 149 Å². The van der Waals surface area contributed by atoms with Crippen molar-refractivity contribution in [3.63, 3.8) is 0 Å². The van der Waals surface area contributed by atoms with Crippen molar-refractivity contribution in [1.82, 2.24) is 14.9 Å². The Hall–Kier alpha value is -5.00. The number of fused-ring (bicyclic) bond motifs is 4. The highest BCUT2D eigenvalue weighted by Crippen LogP contribution is 2.39. The average molecular weight is 588 g/mol. The van der Waals surface area contributed by atoms with E-state index in [0.717, 1.165) is 12.1 Å². The molecule has 4 heterocycles. The smallest absolute Gasteiger partial charge is 0.340 e. The number of ether oxygens (including phenoxy) is 2. The Kier molecular flexibility index (Phi) is 8.84. The summed E-state index contributed by atoms with van der Waals surface area (Å²) in [6.45, 7) is 5.05. The third kappa shape index (κ3) is 6.42. The van der Waals surface area contributed by atoms with E-state index in [9.17, 15) is 24.0 Å². The molecule has 2 unspecified atom stereocenters. The predicted octanol–water partition coefficient (Wildman–Crippen LogP) is 2.34. The van der Waals surface area contributed by atoms with Crippen molar-refractivity contribution in [2.45, 2.75) is 38.8 Å². The van der Waals surface area contributed by atoms with Crippen LogP contribution in [-0.2, 0) is 25.6 Å². The van der Waals surface area contributed by atoms with Crippen LogP contribution in [0.25, 0.3) is 0 Å². The van der Waals surface area contributed by atoms with E-state index < -0.39 is 29.8 Å². The van der Waals surface area contributed by atoms with Gasteiger partial charge < -0.3 is 29.6 Å². The first kappa shape index (κ1) is 29.5. The minimum absolute atomic E-state index is 0.00983. The zero-order chi connectivity index (χ0) is 30.5. The van der Waals surface area contributed by atoms with Gasteiger partial charge in [-0.15, -0.1) is 0 Å². The summed E-state index contributed by atoms with van der Waals surface area (Å²) in [5.41, 5.74) is 2.48. The Morgan fingerprint density at radius 2 is 1.70 bits per heavy atom. The molecule has 0 aliphatic carbocycles. The van der Waals surface area contributed by atoms with Crippen LogP contribution < -0.4 is 21.1 Å². The van der Waals surface area contributed by atoms with Gasteiger partial charge in [0.2, 0.25) is 6.04 Å². The number of nitrogens with zero attached hydrogens (tertiary/aromatic N) is 3. The molecule has 2 amide bonds. The van der Waals surface area contributed by atoms with Gasteiger partial charge in [0.25, 0.3) is 17.4 Å². The molecule has 1 saturated heterocycles. The Balaban J connectivity index is 1.46. The fourth-order valence-electron chi connectivity index (χ4n) is 5.72. The van der Waals surface area contributed by atoms with E-state index in [1.807, 2.05) is 10.6 Å². The second-order valence-corrected chi connectivity index (χ2v) is 10.4. The Morgan fingerprint density at radius 1 is 0.930 bits per heavy atom. The highest BCUT2D eigenvalue weighted by molar-refractivity contribution is 6.08. The van der Waals surface area contributed by atoms with Crippen LogP contribution in [0.5, 0.6) is 0 Å². The minimum atomic E-state index is -1.65. The molecule has 12 nitrogen and oxygen atoms in total. The van der Waals surface area contributed by atoms with Crippen molar-refractivity contribution in [1.29, 1.82) is 0 Å². The number of benzene rings is 1. The van der Waals surface area contributed by atoms with Crippen molar-refractivity contribution in [3.8, 4) is 0 Å². The van der Waals surface area contributed by atoms with Gasteiger partial charge >= 0.3 is 11.9 Å². The van der Waals surface area contributed by atoms with Crippen molar-refractivity contribution in [2.75, 3.05) is 36.5 Å². The Bertz CT molecular complexity index is 1570. The molecule has 0 spiro atoms. The molecule has 2 N–H and O–H groups in total. The number of nitrogens with one attached hydrogen (secondary N) is 2.